The summed E-state index contributed by atoms with van der Waals surface area (Å²) in [6, 6.07) is 11.7. The molecule has 0 bridgehead atoms. The molecule has 0 radical (unpaired) electrons. The Bertz CT molecular complexity index is 806. The number of amides is 1. The first kappa shape index (κ1) is 18.5. The van der Waals surface area contributed by atoms with Gasteiger partial charge in [0.1, 0.15) is 0 Å². The minimum Gasteiger partial charge on any atom is -0.392 e. The fourth-order valence-corrected chi connectivity index (χ4v) is 2.27. The van der Waals surface area contributed by atoms with Crippen LogP contribution >= 0.6 is 0 Å². The van der Waals surface area contributed by atoms with Crippen LogP contribution in [0.5, 0.6) is 0 Å². The van der Waals surface area contributed by atoms with E-state index in [4.69, 9.17) is 5.73 Å². The summed E-state index contributed by atoms with van der Waals surface area (Å²) in [6.45, 7) is -0.161. The molecular formula is C19H16F3NO2. The van der Waals surface area contributed by atoms with Gasteiger partial charge in [0, 0.05) is 6.08 Å². The third-order valence-corrected chi connectivity index (χ3v) is 3.47. The lowest BCUT2D eigenvalue weighted by molar-refractivity contribution is -0.137. The van der Waals surface area contributed by atoms with Crippen molar-refractivity contribution in [2.45, 2.75) is 12.8 Å². The zero-order chi connectivity index (χ0) is 18.4. The van der Waals surface area contributed by atoms with Crippen molar-refractivity contribution in [3.05, 3.63) is 89.0 Å². The number of rotatable bonds is 5. The lowest BCUT2D eigenvalue weighted by Gasteiger charge is -2.11. The Labute approximate surface area is 142 Å². The Morgan fingerprint density at radius 3 is 2.32 bits per heavy atom. The number of allylic oxidation sites excluding steroid dienone is 2. The SMILES string of the molecule is NC(=O)/C=C/C=C(\c1ccc(C(F)(F)F)cc1)c1cccc(CO)c1. The summed E-state index contributed by atoms with van der Waals surface area (Å²) in [6.07, 6.45) is -0.240. The van der Waals surface area contributed by atoms with Gasteiger partial charge in [-0.1, -0.05) is 42.5 Å². The summed E-state index contributed by atoms with van der Waals surface area (Å²) >= 11 is 0. The molecule has 3 N–H and O–H groups in total. The predicted molar refractivity (Wildman–Crippen MR) is 89.2 cm³/mol. The van der Waals surface area contributed by atoms with Gasteiger partial charge in [-0.05, 0) is 40.5 Å². The first-order valence-corrected chi connectivity index (χ1v) is 7.37. The molecule has 0 unspecified atom stereocenters. The van der Waals surface area contributed by atoms with Crippen molar-refractivity contribution in [1.82, 2.24) is 0 Å². The second-order valence-electron chi connectivity index (χ2n) is 5.28. The van der Waals surface area contributed by atoms with Crippen molar-refractivity contribution in [1.29, 1.82) is 0 Å². The smallest absolute Gasteiger partial charge is 0.392 e. The number of primary amides is 1. The zero-order valence-corrected chi connectivity index (χ0v) is 13.1. The second kappa shape index (κ2) is 7.81. The number of halogens is 3. The van der Waals surface area contributed by atoms with Crippen LogP contribution in [0, 0.1) is 0 Å². The highest BCUT2D eigenvalue weighted by Crippen LogP contribution is 2.31. The van der Waals surface area contributed by atoms with E-state index in [2.05, 4.69) is 0 Å². The average Bonchev–Trinajstić information content (AvgIpc) is 2.58. The molecule has 0 aliphatic heterocycles. The molecule has 6 heteroatoms. The second-order valence-corrected chi connectivity index (χ2v) is 5.28. The lowest BCUT2D eigenvalue weighted by atomic mass is 9.95. The van der Waals surface area contributed by atoms with Gasteiger partial charge in [-0.2, -0.15) is 13.2 Å². The van der Waals surface area contributed by atoms with Crippen LogP contribution in [-0.2, 0) is 17.6 Å². The third-order valence-electron chi connectivity index (χ3n) is 3.47. The predicted octanol–water partition coefficient (Wildman–Crippen LogP) is 3.67. The first-order valence-electron chi connectivity index (χ1n) is 7.37. The number of carbonyl (C=O) groups is 1. The minimum atomic E-state index is -4.41. The van der Waals surface area contributed by atoms with Crippen LogP contribution in [0.15, 0.2) is 66.8 Å². The number of aliphatic hydroxyl groups excluding tert-OH is 1. The summed E-state index contributed by atoms with van der Waals surface area (Å²) < 4.78 is 38.2. The largest absolute Gasteiger partial charge is 0.416 e. The van der Waals surface area contributed by atoms with Crippen LogP contribution in [-0.4, -0.2) is 11.0 Å². The maximum absolute atomic E-state index is 12.7. The van der Waals surface area contributed by atoms with Gasteiger partial charge in [0.15, 0.2) is 0 Å². The molecule has 2 aromatic rings. The van der Waals surface area contributed by atoms with E-state index in [1.54, 1.807) is 30.3 Å². The summed E-state index contributed by atoms with van der Waals surface area (Å²) in [5.41, 5.74) is 6.81. The minimum absolute atomic E-state index is 0.161. The molecule has 0 aliphatic rings. The van der Waals surface area contributed by atoms with Gasteiger partial charge >= 0.3 is 6.18 Å². The van der Waals surface area contributed by atoms with Crippen molar-refractivity contribution in [3.8, 4) is 0 Å². The topological polar surface area (TPSA) is 63.3 Å². The van der Waals surface area contributed by atoms with E-state index in [-0.39, 0.29) is 6.61 Å². The molecular weight excluding hydrogens is 331 g/mol. The highest BCUT2D eigenvalue weighted by Gasteiger charge is 2.30. The lowest BCUT2D eigenvalue weighted by Crippen LogP contribution is -2.05. The standard InChI is InChI=1S/C19H16F3NO2/c20-19(21,22)16-9-7-14(8-10-16)17(5-2-6-18(23)25)15-4-1-3-13(11-15)12-24/h1-11,24H,12H2,(H2,23,25)/b6-2+,17-5+. The van der Waals surface area contributed by atoms with Crippen LogP contribution in [0.4, 0.5) is 13.2 Å². The van der Waals surface area contributed by atoms with Crippen LogP contribution in [0.2, 0.25) is 0 Å². The van der Waals surface area contributed by atoms with Crippen molar-refractivity contribution < 1.29 is 23.1 Å². The van der Waals surface area contributed by atoms with Crippen molar-refractivity contribution in [2.75, 3.05) is 0 Å². The molecule has 0 aliphatic carbocycles. The summed E-state index contributed by atoms with van der Waals surface area (Å²) in [5.74, 6) is -0.632. The van der Waals surface area contributed by atoms with Crippen molar-refractivity contribution in [2.24, 2.45) is 5.73 Å². The normalized spacial score (nSPS) is 12.6. The van der Waals surface area contributed by atoms with Crippen LogP contribution in [0.25, 0.3) is 5.57 Å². The summed E-state index contributed by atoms with van der Waals surface area (Å²) in [5, 5.41) is 9.27. The number of alkyl halides is 3. The third kappa shape index (κ3) is 5.06. The maximum Gasteiger partial charge on any atom is 0.416 e. The van der Waals surface area contributed by atoms with E-state index in [1.807, 2.05) is 0 Å². The molecule has 130 valence electrons. The van der Waals surface area contributed by atoms with Crippen LogP contribution in [0.1, 0.15) is 22.3 Å². The summed E-state index contributed by atoms with van der Waals surface area (Å²) in [4.78, 5) is 10.9. The van der Waals surface area contributed by atoms with Gasteiger partial charge in [0.25, 0.3) is 0 Å². The number of hydrogen-bond acceptors (Lipinski definition) is 2. The molecule has 1 amide bonds. The van der Waals surface area contributed by atoms with Gasteiger partial charge in [0.2, 0.25) is 5.91 Å². The Kier molecular flexibility index (Phi) is 5.77. The first-order chi connectivity index (χ1) is 11.8. The van der Waals surface area contributed by atoms with Crippen LogP contribution < -0.4 is 5.73 Å². The number of aliphatic hydroxyl groups is 1. The van der Waals surface area contributed by atoms with Gasteiger partial charge in [0.05, 0.1) is 12.2 Å². The molecule has 25 heavy (non-hydrogen) atoms. The maximum atomic E-state index is 12.7. The monoisotopic (exact) mass is 347 g/mol. The zero-order valence-electron chi connectivity index (χ0n) is 13.1. The van der Waals surface area contributed by atoms with Crippen molar-refractivity contribution in [3.63, 3.8) is 0 Å². The Balaban J connectivity index is 2.49. The summed E-state index contributed by atoms with van der Waals surface area (Å²) in [7, 11) is 0. The van der Waals surface area contributed by atoms with Gasteiger partial charge in [-0.3, -0.25) is 4.79 Å². The molecule has 0 heterocycles. The molecule has 3 nitrogen and oxygen atoms in total. The van der Waals surface area contributed by atoms with Crippen molar-refractivity contribution >= 4 is 11.5 Å². The molecule has 0 saturated heterocycles. The molecule has 0 fully saturated rings. The van der Waals surface area contributed by atoms with Gasteiger partial charge in [-0.25, -0.2) is 0 Å². The van der Waals surface area contributed by atoms with E-state index < -0.39 is 17.6 Å². The number of carbonyl (C=O) groups excluding carboxylic acids is 1. The fourth-order valence-electron chi connectivity index (χ4n) is 2.27. The van der Waals surface area contributed by atoms with E-state index in [0.29, 0.717) is 22.3 Å². The van der Waals surface area contributed by atoms with E-state index >= 15 is 0 Å². The molecule has 2 aromatic carbocycles. The van der Waals surface area contributed by atoms with Gasteiger partial charge < -0.3 is 10.8 Å². The van der Waals surface area contributed by atoms with E-state index in [0.717, 1.165) is 18.2 Å². The molecule has 0 saturated carbocycles. The Morgan fingerprint density at radius 2 is 1.76 bits per heavy atom. The highest BCUT2D eigenvalue weighted by atomic mass is 19.4. The number of nitrogens with two attached hydrogens (primary N) is 1. The van der Waals surface area contributed by atoms with E-state index in [9.17, 15) is 23.1 Å². The number of hydrogen-bond donors (Lipinski definition) is 2. The molecule has 2 rings (SSSR count). The quantitative estimate of drug-likeness (QED) is 0.640. The fraction of sp³-hybridized carbons (Fsp3) is 0.105. The average molecular weight is 347 g/mol. The molecule has 0 aromatic heterocycles. The highest BCUT2D eigenvalue weighted by molar-refractivity contribution is 5.87. The Hall–Kier alpha value is -2.86. The van der Waals surface area contributed by atoms with E-state index in [1.165, 1.54) is 18.2 Å². The number of benzene rings is 2. The van der Waals surface area contributed by atoms with Gasteiger partial charge in [-0.15, -0.1) is 0 Å². The molecule has 0 atom stereocenters. The van der Waals surface area contributed by atoms with Crippen LogP contribution in [0.3, 0.4) is 0 Å². The molecule has 0 spiro atoms. The Morgan fingerprint density at radius 1 is 1.08 bits per heavy atom.